The van der Waals surface area contributed by atoms with Crippen LogP contribution < -0.4 is 15.6 Å². The van der Waals surface area contributed by atoms with Crippen LogP contribution in [-0.2, 0) is 4.74 Å². The highest BCUT2D eigenvalue weighted by Gasteiger charge is 2.22. The van der Waals surface area contributed by atoms with Crippen LogP contribution in [0.1, 0.15) is 28.9 Å². The number of benzene rings is 2. The number of anilines is 2. The number of carbonyl (C=O) groups excluding carboxylic acids is 1. The van der Waals surface area contributed by atoms with Gasteiger partial charge in [0, 0.05) is 44.4 Å². The number of ether oxygens (including phenoxy) is 1. The smallest absolute Gasteiger partial charge is 0.253 e. The third-order valence-corrected chi connectivity index (χ3v) is 5.90. The maximum Gasteiger partial charge on any atom is 0.253 e. The summed E-state index contributed by atoms with van der Waals surface area (Å²) in [6.07, 6.45) is 0. The number of carbonyl (C=O) groups is 1. The van der Waals surface area contributed by atoms with Crippen LogP contribution in [0.3, 0.4) is 0 Å². The number of rotatable bonds is 5. The van der Waals surface area contributed by atoms with Crippen LogP contribution in [0.25, 0.3) is 11.0 Å². The van der Waals surface area contributed by atoms with Crippen molar-refractivity contribution in [3.05, 3.63) is 68.6 Å². The number of halogens is 2. The first-order chi connectivity index (χ1) is 15.8. The zero-order valence-electron chi connectivity index (χ0n) is 18.7. The monoisotopic (exact) mass is 473 g/mol. The molecule has 0 radical (unpaired) electrons. The summed E-state index contributed by atoms with van der Waals surface area (Å²) >= 11 is 5.93. The molecule has 33 heavy (non-hydrogen) atoms. The molecule has 1 N–H and O–H groups in total. The summed E-state index contributed by atoms with van der Waals surface area (Å²) in [5, 5.41) is 3.38. The number of nitrogens with zero attached hydrogens (tertiary/aromatic N) is 2. The van der Waals surface area contributed by atoms with E-state index in [0.717, 1.165) is 0 Å². The molecule has 1 amide bonds. The van der Waals surface area contributed by atoms with Gasteiger partial charge in [-0.2, -0.15) is 0 Å². The van der Waals surface area contributed by atoms with Gasteiger partial charge in [0.1, 0.15) is 5.58 Å². The molecule has 0 spiro atoms. The fraction of sp³-hybridized carbons (Fsp3) is 0.333. The predicted molar refractivity (Wildman–Crippen MR) is 127 cm³/mol. The Balaban J connectivity index is 1.86. The number of nitrogens with one attached hydrogen (secondary N) is 1. The summed E-state index contributed by atoms with van der Waals surface area (Å²) in [6.45, 7) is 4.08. The van der Waals surface area contributed by atoms with E-state index >= 15 is 0 Å². The van der Waals surface area contributed by atoms with Crippen molar-refractivity contribution in [3.63, 3.8) is 0 Å². The van der Waals surface area contributed by atoms with Gasteiger partial charge < -0.3 is 24.3 Å². The summed E-state index contributed by atoms with van der Waals surface area (Å²) in [6, 6.07) is 8.84. The number of morpholine rings is 1. The fourth-order valence-electron chi connectivity index (χ4n) is 3.84. The number of hydrogen-bond acceptors (Lipinski definition) is 6. The van der Waals surface area contributed by atoms with Gasteiger partial charge in [0.05, 0.1) is 35.4 Å². The van der Waals surface area contributed by atoms with Gasteiger partial charge in [-0.1, -0.05) is 17.7 Å². The molecule has 4 rings (SSSR count). The molecular weight excluding hydrogens is 449 g/mol. The van der Waals surface area contributed by atoms with Crippen molar-refractivity contribution >= 4 is 40.0 Å². The van der Waals surface area contributed by atoms with Crippen molar-refractivity contribution in [2.75, 3.05) is 50.6 Å². The van der Waals surface area contributed by atoms with Gasteiger partial charge in [-0.25, -0.2) is 4.39 Å². The van der Waals surface area contributed by atoms with E-state index in [1.807, 2.05) is 4.90 Å². The second-order valence-electron chi connectivity index (χ2n) is 8.16. The molecule has 2 heterocycles. The van der Waals surface area contributed by atoms with Crippen LogP contribution >= 0.6 is 11.6 Å². The molecule has 1 aliphatic rings. The largest absolute Gasteiger partial charge is 0.440 e. The van der Waals surface area contributed by atoms with Crippen LogP contribution in [0.4, 0.5) is 16.0 Å². The molecular formula is C24H25ClFN3O4. The molecule has 2 aromatic carbocycles. The second-order valence-corrected chi connectivity index (χ2v) is 8.56. The van der Waals surface area contributed by atoms with Gasteiger partial charge in [-0.05, 0) is 31.2 Å². The van der Waals surface area contributed by atoms with Gasteiger partial charge in [-0.15, -0.1) is 0 Å². The lowest BCUT2D eigenvalue weighted by molar-refractivity contribution is 0.0827. The van der Waals surface area contributed by atoms with Crippen molar-refractivity contribution in [2.24, 2.45) is 0 Å². The third kappa shape index (κ3) is 4.67. The molecule has 1 atom stereocenters. The van der Waals surface area contributed by atoms with E-state index < -0.39 is 11.9 Å². The zero-order chi connectivity index (χ0) is 23.7. The predicted octanol–water partition coefficient (Wildman–Crippen LogP) is 4.30. The summed E-state index contributed by atoms with van der Waals surface area (Å²) in [5.74, 6) is -0.396. The third-order valence-electron chi connectivity index (χ3n) is 5.61. The van der Waals surface area contributed by atoms with Crippen molar-refractivity contribution in [1.29, 1.82) is 0 Å². The summed E-state index contributed by atoms with van der Waals surface area (Å²) < 4.78 is 26.1. The Labute approximate surface area is 195 Å². The number of amides is 1. The average molecular weight is 474 g/mol. The van der Waals surface area contributed by atoms with Crippen LogP contribution in [0, 0.1) is 5.82 Å². The normalized spacial score (nSPS) is 14.9. The molecule has 1 aliphatic heterocycles. The van der Waals surface area contributed by atoms with E-state index in [-0.39, 0.29) is 27.4 Å². The van der Waals surface area contributed by atoms with E-state index in [1.165, 1.54) is 17.0 Å². The first kappa shape index (κ1) is 23.1. The molecule has 1 saturated heterocycles. The van der Waals surface area contributed by atoms with Crippen molar-refractivity contribution in [2.45, 2.75) is 13.0 Å². The van der Waals surface area contributed by atoms with E-state index in [1.54, 1.807) is 45.3 Å². The average Bonchev–Trinajstić information content (AvgIpc) is 2.81. The van der Waals surface area contributed by atoms with Crippen molar-refractivity contribution in [3.8, 4) is 0 Å². The van der Waals surface area contributed by atoms with Crippen LogP contribution in [0.15, 0.2) is 45.6 Å². The van der Waals surface area contributed by atoms with Gasteiger partial charge in [-0.3, -0.25) is 9.59 Å². The highest BCUT2D eigenvalue weighted by Crippen LogP contribution is 2.32. The topological polar surface area (TPSA) is 75.0 Å². The van der Waals surface area contributed by atoms with E-state index in [9.17, 15) is 14.0 Å². The minimum atomic E-state index is -0.577. The summed E-state index contributed by atoms with van der Waals surface area (Å²) in [5.41, 5.74) is 1.20. The minimum Gasteiger partial charge on any atom is -0.440 e. The Hall–Kier alpha value is -3.10. The Morgan fingerprint density at radius 1 is 1.21 bits per heavy atom. The maximum atomic E-state index is 14.5. The van der Waals surface area contributed by atoms with Gasteiger partial charge >= 0.3 is 0 Å². The first-order valence-electron chi connectivity index (χ1n) is 10.6. The highest BCUT2D eigenvalue weighted by atomic mass is 35.5. The zero-order valence-corrected chi connectivity index (χ0v) is 19.4. The molecule has 0 aliphatic carbocycles. The van der Waals surface area contributed by atoms with Crippen molar-refractivity contribution < 1.29 is 18.3 Å². The standard InChI is InChI=1S/C24H25ClFN3O4/c1-14(27-19-6-4-5-18(25)22(19)26)16-11-15(24(31)28(2)3)12-17-20(30)13-21(33-23(16)17)29-7-9-32-10-8-29/h4-6,11-14,27H,7-10H2,1-3H3. The first-order valence-corrected chi connectivity index (χ1v) is 11.0. The van der Waals surface area contributed by atoms with Crippen molar-refractivity contribution in [1.82, 2.24) is 4.90 Å². The Morgan fingerprint density at radius 3 is 2.64 bits per heavy atom. The molecule has 0 bridgehead atoms. The van der Waals surface area contributed by atoms with Gasteiger partial charge in [0.2, 0.25) is 0 Å². The maximum absolute atomic E-state index is 14.5. The molecule has 7 nitrogen and oxygen atoms in total. The number of hydrogen-bond donors (Lipinski definition) is 1. The Morgan fingerprint density at radius 2 is 1.94 bits per heavy atom. The van der Waals surface area contributed by atoms with E-state index in [4.69, 9.17) is 20.8 Å². The fourth-order valence-corrected chi connectivity index (χ4v) is 4.02. The molecule has 1 unspecified atom stereocenters. The van der Waals surface area contributed by atoms with E-state index in [0.29, 0.717) is 48.9 Å². The SMILES string of the molecule is CC(Nc1cccc(Cl)c1F)c1cc(C(=O)N(C)C)cc2c(=O)cc(N3CCOCC3)oc12. The minimum absolute atomic E-state index is 0.00488. The molecule has 0 saturated carbocycles. The lowest BCUT2D eigenvalue weighted by Crippen LogP contribution is -2.36. The summed E-state index contributed by atoms with van der Waals surface area (Å²) in [4.78, 5) is 29.2. The molecule has 9 heteroatoms. The lowest BCUT2D eigenvalue weighted by atomic mass is 9.99. The van der Waals surface area contributed by atoms with Crippen LogP contribution in [0.5, 0.6) is 0 Å². The highest BCUT2D eigenvalue weighted by molar-refractivity contribution is 6.31. The summed E-state index contributed by atoms with van der Waals surface area (Å²) in [7, 11) is 3.28. The Kier molecular flexibility index (Phi) is 6.58. The quantitative estimate of drug-likeness (QED) is 0.595. The molecule has 3 aromatic rings. The second kappa shape index (κ2) is 9.41. The molecule has 174 valence electrons. The molecule has 1 fully saturated rings. The number of fused-ring (bicyclic) bond motifs is 1. The van der Waals surface area contributed by atoms with Crippen LogP contribution in [-0.4, -0.2) is 51.2 Å². The van der Waals surface area contributed by atoms with Gasteiger partial charge in [0.25, 0.3) is 5.91 Å². The lowest BCUT2D eigenvalue weighted by Gasteiger charge is -2.27. The molecule has 1 aromatic heterocycles. The van der Waals surface area contributed by atoms with E-state index in [2.05, 4.69) is 5.32 Å². The Bertz CT molecular complexity index is 1250. The van der Waals surface area contributed by atoms with Crippen LogP contribution in [0.2, 0.25) is 5.02 Å². The van der Waals surface area contributed by atoms with Gasteiger partial charge in [0.15, 0.2) is 17.1 Å².